The van der Waals surface area contributed by atoms with E-state index in [0.29, 0.717) is 11.4 Å². The highest BCUT2D eigenvalue weighted by atomic mass is 16.6. The molecule has 4 aliphatic rings. The average molecular weight is 440 g/mol. The summed E-state index contributed by atoms with van der Waals surface area (Å²) in [5.41, 5.74) is -0.676. The average Bonchev–Trinajstić information content (AvgIpc) is 3.08. The van der Waals surface area contributed by atoms with Crippen molar-refractivity contribution in [3.05, 3.63) is 48.6 Å². The van der Waals surface area contributed by atoms with Gasteiger partial charge in [0.25, 0.3) is 5.91 Å². The topological polar surface area (TPSA) is 106 Å². The number of hydrogen-bond donors (Lipinski definition) is 1. The van der Waals surface area contributed by atoms with Crippen molar-refractivity contribution in [2.45, 2.75) is 17.7 Å². The normalized spacial score (nSPS) is 33.4. The Bertz CT molecular complexity index is 1000. The number of anilines is 1. The van der Waals surface area contributed by atoms with Gasteiger partial charge in [-0.15, -0.1) is 0 Å². The van der Waals surface area contributed by atoms with E-state index in [1.807, 2.05) is 0 Å². The lowest BCUT2D eigenvalue weighted by molar-refractivity contribution is -0.152. The number of aliphatic hydroxyl groups excluding tert-OH is 1. The molecule has 2 amide bonds. The molecule has 1 unspecified atom stereocenters. The number of nitrogens with zero attached hydrogens (tertiary/aromatic N) is 2. The molecule has 0 radical (unpaired) electrons. The number of ether oxygens (including phenoxy) is 3. The van der Waals surface area contributed by atoms with Gasteiger partial charge in [0.15, 0.2) is 0 Å². The van der Waals surface area contributed by atoms with Gasteiger partial charge in [-0.25, -0.2) is 0 Å². The Balaban J connectivity index is 1.59. The van der Waals surface area contributed by atoms with Crippen LogP contribution in [0.15, 0.2) is 48.6 Å². The van der Waals surface area contributed by atoms with Gasteiger partial charge in [-0.1, -0.05) is 18.2 Å². The van der Waals surface area contributed by atoms with Crippen molar-refractivity contribution in [2.75, 3.05) is 38.3 Å². The number of carbonyl (C=O) groups is 3. The predicted octanol–water partition coefficient (Wildman–Crippen LogP) is 0.284. The van der Waals surface area contributed by atoms with Crippen LogP contribution < -0.4 is 9.64 Å². The molecule has 1 N–H and O–H groups in total. The summed E-state index contributed by atoms with van der Waals surface area (Å²) in [6, 6.07) is 6.04. The summed E-state index contributed by atoms with van der Waals surface area (Å²) in [7, 11) is 1.56. The minimum atomic E-state index is -1.32. The van der Waals surface area contributed by atoms with E-state index >= 15 is 0 Å². The molecule has 1 spiro atoms. The maximum atomic E-state index is 13.9. The lowest BCUT2D eigenvalue weighted by Gasteiger charge is -2.35. The van der Waals surface area contributed by atoms with Crippen LogP contribution in [0.3, 0.4) is 0 Å². The fraction of sp³-hybridized carbons (Fsp3) is 0.435. The van der Waals surface area contributed by atoms with Gasteiger partial charge >= 0.3 is 5.97 Å². The van der Waals surface area contributed by atoms with Crippen molar-refractivity contribution in [3.63, 3.8) is 0 Å². The number of hydrogen-bond acceptors (Lipinski definition) is 7. The van der Waals surface area contributed by atoms with Gasteiger partial charge in [-0.3, -0.25) is 14.4 Å². The second kappa shape index (κ2) is 7.75. The molecule has 1 aromatic carbocycles. The molecule has 4 heterocycles. The number of likely N-dealkylation sites (tertiary alicyclic amines) is 1. The number of esters is 1. The zero-order valence-electron chi connectivity index (χ0n) is 17.5. The molecule has 1 aromatic rings. The Morgan fingerprint density at radius 3 is 2.66 bits per heavy atom. The number of aliphatic hydroxyl groups is 1. The first-order valence-corrected chi connectivity index (χ1v) is 10.6. The number of fused-ring (bicyclic) bond motifs is 2. The summed E-state index contributed by atoms with van der Waals surface area (Å²) in [5.74, 6) is -2.34. The van der Waals surface area contributed by atoms with E-state index in [0.717, 1.165) is 0 Å². The molecule has 0 bridgehead atoms. The standard InChI is InChI=1S/C23H24N2O7/c1-30-15-7-5-14(6-8-15)24-10-3-9-23-18(17-16(32-23)4-2-13-31-22(17)29)20(27)25(11-12-26)19(23)21(24)28/h2-9,16-19,26H,10-13H2,1H3/t16-,17+,18+,19?,23+/m1/s1. The number of carbonyl (C=O) groups excluding carboxylic acids is 3. The molecule has 168 valence electrons. The highest BCUT2D eigenvalue weighted by Gasteiger charge is 2.71. The van der Waals surface area contributed by atoms with Crippen molar-refractivity contribution in [3.8, 4) is 5.75 Å². The van der Waals surface area contributed by atoms with Gasteiger partial charge in [-0.05, 0) is 30.3 Å². The maximum absolute atomic E-state index is 13.9. The lowest BCUT2D eigenvalue weighted by atomic mass is 9.78. The van der Waals surface area contributed by atoms with Crippen LogP contribution in [0, 0.1) is 11.8 Å². The van der Waals surface area contributed by atoms with Gasteiger partial charge in [0, 0.05) is 18.8 Å². The minimum absolute atomic E-state index is 0.0383. The first kappa shape index (κ1) is 20.7. The quantitative estimate of drug-likeness (QED) is 0.530. The van der Waals surface area contributed by atoms with Crippen LogP contribution in [0.4, 0.5) is 5.69 Å². The number of cyclic esters (lactones) is 1. The molecule has 5 atom stereocenters. The third-order valence-corrected chi connectivity index (χ3v) is 6.64. The lowest BCUT2D eigenvalue weighted by Crippen LogP contribution is -2.55. The van der Waals surface area contributed by atoms with Crippen LogP contribution >= 0.6 is 0 Å². The molecule has 9 heteroatoms. The molecule has 0 aromatic heterocycles. The van der Waals surface area contributed by atoms with Crippen molar-refractivity contribution in [1.82, 2.24) is 4.90 Å². The third kappa shape index (κ3) is 2.88. The van der Waals surface area contributed by atoms with Crippen LogP contribution in [-0.2, 0) is 23.9 Å². The van der Waals surface area contributed by atoms with Crippen LogP contribution in [-0.4, -0.2) is 79.0 Å². The molecule has 32 heavy (non-hydrogen) atoms. The van der Waals surface area contributed by atoms with Gasteiger partial charge in [0.1, 0.15) is 29.9 Å². The van der Waals surface area contributed by atoms with Crippen molar-refractivity contribution in [2.24, 2.45) is 11.8 Å². The minimum Gasteiger partial charge on any atom is -0.497 e. The number of rotatable bonds is 4. The largest absolute Gasteiger partial charge is 0.497 e. The zero-order chi connectivity index (χ0) is 22.5. The molecule has 2 saturated heterocycles. The van der Waals surface area contributed by atoms with E-state index in [1.54, 1.807) is 60.6 Å². The van der Waals surface area contributed by atoms with E-state index in [4.69, 9.17) is 14.2 Å². The van der Waals surface area contributed by atoms with E-state index in [1.165, 1.54) is 4.90 Å². The zero-order valence-corrected chi connectivity index (χ0v) is 17.5. The van der Waals surface area contributed by atoms with Gasteiger partial charge < -0.3 is 29.1 Å². The second-order valence-corrected chi connectivity index (χ2v) is 8.20. The summed E-state index contributed by atoms with van der Waals surface area (Å²) >= 11 is 0. The van der Waals surface area contributed by atoms with Crippen LogP contribution in [0.1, 0.15) is 0 Å². The van der Waals surface area contributed by atoms with Gasteiger partial charge in [-0.2, -0.15) is 0 Å². The van der Waals surface area contributed by atoms with Crippen LogP contribution in [0.5, 0.6) is 5.75 Å². The third-order valence-electron chi connectivity index (χ3n) is 6.64. The molecular weight excluding hydrogens is 416 g/mol. The highest BCUT2D eigenvalue weighted by molar-refractivity contribution is 6.05. The Morgan fingerprint density at radius 1 is 1.16 bits per heavy atom. The molecular formula is C23H24N2O7. The fourth-order valence-electron chi connectivity index (χ4n) is 5.31. The Morgan fingerprint density at radius 2 is 1.94 bits per heavy atom. The van der Waals surface area contributed by atoms with E-state index in [-0.39, 0.29) is 32.2 Å². The van der Waals surface area contributed by atoms with Crippen LogP contribution in [0.25, 0.3) is 0 Å². The molecule has 0 saturated carbocycles. The highest BCUT2D eigenvalue weighted by Crippen LogP contribution is 2.53. The summed E-state index contributed by atoms with van der Waals surface area (Å²) in [6.07, 6.45) is 6.30. The van der Waals surface area contributed by atoms with Crippen molar-refractivity contribution >= 4 is 23.5 Å². The molecule has 0 aliphatic carbocycles. The predicted molar refractivity (Wildman–Crippen MR) is 112 cm³/mol. The van der Waals surface area contributed by atoms with Crippen molar-refractivity contribution in [1.29, 1.82) is 0 Å². The van der Waals surface area contributed by atoms with Crippen LogP contribution in [0.2, 0.25) is 0 Å². The molecule has 2 fully saturated rings. The van der Waals surface area contributed by atoms with Gasteiger partial charge in [0.05, 0.1) is 25.7 Å². The smallest absolute Gasteiger partial charge is 0.313 e. The number of benzene rings is 1. The van der Waals surface area contributed by atoms with E-state index < -0.39 is 41.5 Å². The first-order chi connectivity index (χ1) is 15.5. The molecule has 4 aliphatic heterocycles. The summed E-state index contributed by atoms with van der Waals surface area (Å²) in [4.78, 5) is 43.0. The molecule has 5 rings (SSSR count). The Kier molecular flexibility index (Phi) is 5.02. The Hall–Kier alpha value is -3.17. The first-order valence-electron chi connectivity index (χ1n) is 10.6. The second-order valence-electron chi connectivity index (χ2n) is 8.20. The van der Waals surface area contributed by atoms with Gasteiger partial charge in [0.2, 0.25) is 5.91 Å². The maximum Gasteiger partial charge on any atom is 0.313 e. The fourth-order valence-corrected chi connectivity index (χ4v) is 5.31. The summed E-state index contributed by atoms with van der Waals surface area (Å²) < 4.78 is 16.8. The summed E-state index contributed by atoms with van der Waals surface area (Å²) in [5, 5.41) is 9.63. The number of methoxy groups -OCH3 is 1. The Labute approximate surface area is 184 Å². The summed E-state index contributed by atoms with van der Waals surface area (Å²) in [6.45, 7) is 0.0373. The number of β-amino-alcohol motifs (C(OH)–C–C–N with tert-alkyl or cyclic N) is 1. The van der Waals surface area contributed by atoms with Crippen molar-refractivity contribution < 1.29 is 33.7 Å². The monoisotopic (exact) mass is 440 g/mol. The van der Waals surface area contributed by atoms with E-state index in [9.17, 15) is 19.5 Å². The molecule has 9 nitrogen and oxygen atoms in total. The number of amides is 2. The van der Waals surface area contributed by atoms with E-state index in [2.05, 4.69) is 0 Å². The SMILES string of the molecule is COc1ccc(N2CC=C[C@]34O[C@@H]5C=CCOC(=O)[C@@H]5[C@H]3C(=O)N(CCO)C4C2=O)cc1.